The molecule has 5 aromatic rings. The van der Waals surface area contributed by atoms with Gasteiger partial charge in [-0.05, 0) is 46.5 Å². The number of para-hydroxylation sites is 2. The van der Waals surface area contributed by atoms with Gasteiger partial charge in [0.15, 0.2) is 23.4 Å². The Bertz CT molecular complexity index is 1480. The topological polar surface area (TPSA) is 15.9 Å². The lowest BCUT2D eigenvalue weighted by Crippen LogP contribution is -2.30. The average molecular weight is 481 g/mol. The van der Waals surface area contributed by atoms with Gasteiger partial charge in [-0.1, -0.05) is 54.6 Å². The highest BCUT2D eigenvalue weighted by Gasteiger charge is 2.20. The molecule has 0 aliphatic carbocycles. The van der Waals surface area contributed by atoms with E-state index in [1.807, 2.05) is 18.8 Å². The molecule has 0 aliphatic heterocycles. The van der Waals surface area contributed by atoms with Crippen molar-refractivity contribution in [3.05, 3.63) is 96.3 Å². The quantitative estimate of drug-likeness (QED) is 0.230. The minimum Gasteiger partial charge on any atom is -0.373 e. The van der Waals surface area contributed by atoms with Crippen LogP contribution in [-0.2, 0) is 21.1 Å². The van der Waals surface area contributed by atoms with Crippen LogP contribution in [0.15, 0.2) is 90.3 Å². The molecule has 0 atom stereocenters. The zero-order valence-electron chi connectivity index (χ0n) is 20.8. The summed E-state index contributed by atoms with van der Waals surface area (Å²) in [5, 5.41) is 3.85. The van der Waals surface area contributed by atoms with Gasteiger partial charge >= 0.3 is 5.16 Å². The monoisotopic (exact) mass is 480 g/mol. The number of aryl methyl sites for hydroxylation is 3. The highest BCUT2D eigenvalue weighted by Crippen LogP contribution is 2.30. The Hall–Kier alpha value is -3.57. The van der Waals surface area contributed by atoms with Crippen molar-refractivity contribution < 1.29 is 9.13 Å². The van der Waals surface area contributed by atoms with Crippen LogP contribution in [0.4, 0.5) is 5.69 Å². The number of imidazole rings is 1. The van der Waals surface area contributed by atoms with Crippen molar-refractivity contribution in [3.8, 4) is 0 Å². The molecular formula is C30H32N4S+2. The first-order valence-corrected chi connectivity index (χ1v) is 12.9. The first-order chi connectivity index (χ1) is 17.0. The number of benzene rings is 3. The van der Waals surface area contributed by atoms with Crippen LogP contribution in [0.1, 0.15) is 11.1 Å². The third-order valence-corrected chi connectivity index (χ3v) is 7.83. The molecule has 2 heterocycles. The molecule has 0 saturated carbocycles. The van der Waals surface area contributed by atoms with Crippen LogP contribution in [0.3, 0.4) is 0 Å². The van der Waals surface area contributed by atoms with Gasteiger partial charge in [-0.3, -0.25) is 0 Å². The maximum atomic E-state index is 2.38. The second-order valence-corrected chi connectivity index (χ2v) is 10.1. The van der Waals surface area contributed by atoms with Crippen LogP contribution in [-0.4, -0.2) is 23.9 Å². The Kier molecular flexibility index (Phi) is 6.60. The minimum atomic E-state index is 0.965. The number of hydrogen-bond acceptors (Lipinski definition) is 2. The highest BCUT2D eigenvalue weighted by atomic mass is 32.2. The minimum absolute atomic E-state index is 0.965. The molecule has 0 N–H and O–H groups in total. The van der Waals surface area contributed by atoms with Crippen molar-refractivity contribution >= 4 is 51.4 Å². The van der Waals surface area contributed by atoms with E-state index in [1.165, 1.54) is 43.8 Å². The molecule has 0 radical (unpaired) electrons. The summed E-state index contributed by atoms with van der Waals surface area (Å²) in [6, 6.07) is 26.1. The second-order valence-electron chi connectivity index (χ2n) is 9.01. The fourth-order valence-corrected chi connectivity index (χ4v) is 5.78. The van der Waals surface area contributed by atoms with Crippen molar-refractivity contribution in [1.29, 1.82) is 0 Å². The zero-order chi connectivity index (χ0) is 24.4. The van der Waals surface area contributed by atoms with Crippen LogP contribution in [0, 0.1) is 0 Å². The van der Waals surface area contributed by atoms with Gasteiger partial charge in [0, 0.05) is 42.6 Å². The van der Waals surface area contributed by atoms with Crippen molar-refractivity contribution in [2.24, 2.45) is 21.1 Å². The van der Waals surface area contributed by atoms with Gasteiger partial charge in [-0.25, -0.2) is 13.7 Å². The predicted molar refractivity (Wildman–Crippen MR) is 149 cm³/mol. The molecular weight excluding hydrogens is 448 g/mol. The second kappa shape index (κ2) is 9.96. The summed E-state index contributed by atoms with van der Waals surface area (Å²) in [6.07, 6.45) is 8.56. The lowest BCUT2D eigenvalue weighted by Gasteiger charge is -2.21. The highest BCUT2D eigenvalue weighted by molar-refractivity contribution is 7.99. The molecule has 0 saturated heterocycles. The molecule has 176 valence electrons. The number of anilines is 1. The van der Waals surface area contributed by atoms with E-state index in [1.54, 1.807) is 0 Å². The van der Waals surface area contributed by atoms with Crippen LogP contribution in [0.2, 0.25) is 0 Å². The SMILES string of the molecule is CN(CCSc1n(C)c2ccccc2[n+]1C)c1ccc(/C=C/c2cc[n+](C)cc2)c2ccccc12. The van der Waals surface area contributed by atoms with E-state index in [0.717, 1.165) is 12.3 Å². The van der Waals surface area contributed by atoms with Crippen LogP contribution >= 0.6 is 11.8 Å². The first-order valence-electron chi connectivity index (χ1n) is 12.0. The third-order valence-electron chi connectivity index (χ3n) is 6.64. The number of hydrogen-bond donors (Lipinski definition) is 0. The summed E-state index contributed by atoms with van der Waals surface area (Å²) in [6.45, 7) is 0.965. The molecule has 5 rings (SSSR count). The molecule has 0 spiro atoms. The number of pyridine rings is 1. The lowest BCUT2D eigenvalue weighted by molar-refractivity contribution is -0.685. The molecule has 2 aromatic heterocycles. The Balaban J connectivity index is 1.34. The van der Waals surface area contributed by atoms with Gasteiger partial charge in [0.2, 0.25) is 0 Å². The summed E-state index contributed by atoms with van der Waals surface area (Å²) < 4.78 is 6.64. The standard InChI is InChI=1S/C30H32N4S/c1-31-19-17-23(18-20-31)13-14-24-15-16-27(26-10-6-5-9-25(24)26)32(2)21-22-35-30-33(3)28-11-7-8-12-29(28)34(30)4/h5-20H,21-22H2,1-4H3/q+2. The number of thioether (sulfide) groups is 1. The molecule has 35 heavy (non-hydrogen) atoms. The summed E-state index contributed by atoms with van der Waals surface area (Å²) in [5.41, 5.74) is 6.25. The fraction of sp³-hybridized carbons (Fsp3) is 0.200. The fourth-order valence-electron chi connectivity index (χ4n) is 4.64. The number of nitrogens with zero attached hydrogens (tertiary/aromatic N) is 4. The molecule has 4 nitrogen and oxygen atoms in total. The van der Waals surface area contributed by atoms with E-state index in [0.29, 0.717) is 0 Å². The largest absolute Gasteiger partial charge is 0.373 e. The van der Waals surface area contributed by atoms with E-state index < -0.39 is 0 Å². The predicted octanol–water partition coefficient (Wildman–Crippen LogP) is 5.38. The number of aromatic nitrogens is 3. The molecule has 0 fully saturated rings. The van der Waals surface area contributed by atoms with Gasteiger partial charge in [0.25, 0.3) is 0 Å². The van der Waals surface area contributed by atoms with Crippen LogP contribution in [0.25, 0.3) is 34.0 Å². The Morgan fingerprint density at radius 1 is 0.857 bits per heavy atom. The zero-order valence-corrected chi connectivity index (χ0v) is 21.7. The van der Waals surface area contributed by atoms with E-state index in [-0.39, 0.29) is 0 Å². The maximum absolute atomic E-state index is 2.38. The number of rotatable bonds is 7. The smallest absolute Gasteiger partial charge is 0.318 e. The summed E-state index contributed by atoms with van der Waals surface area (Å²) in [7, 11) is 8.55. The van der Waals surface area contributed by atoms with Gasteiger partial charge in [-0.2, -0.15) is 0 Å². The molecule has 0 amide bonds. The van der Waals surface area contributed by atoms with Crippen molar-refractivity contribution in [2.45, 2.75) is 5.16 Å². The Labute approximate surface area is 211 Å². The first kappa shape index (κ1) is 23.2. The van der Waals surface area contributed by atoms with Gasteiger partial charge in [0.1, 0.15) is 7.05 Å². The number of fused-ring (bicyclic) bond motifs is 2. The lowest BCUT2D eigenvalue weighted by atomic mass is 10.0. The van der Waals surface area contributed by atoms with Crippen molar-refractivity contribution in [1.82, 2.24) is 4.57 Å². The van der Waals surface area contributed by atoms with E-state index in [4.69, 9.17) is 0 Å². The Morgan fingerprint density at radius 2 is 1.57 bits per heavy atom. The summed E-state index contributed by atoms with van der Waals surface area (Å²) in [5.74, 6) is 1.01. The third kappa shape index (κ3) is 4.69. The summed E-state index contributed by atoms with van der Waals surface area (Å²) in [4.78, 5) is 2.38. The Morgan fingerprint density at radius 3 is 2.34 bits per heavy atom. The summed E-state index contributed by atoms with van der Waals surface area (Å²) >= 11 is 1.91. The molecule has 0 bridgehead atoms. The van der Waals surface area contributed by atoms with Crippen LogP contribution in [0.5, 0.6) is 0 Å². The van der Waals surface area contributed by atoms with E-state index >= 15 is 0 Å². The normalized spacial score (nSPS) is 11.7. The van der Waals surface area contributed by atoms with Crippen molar-refractivity contribution in [2.75, 3.05) is 24.2 Å². The van der Waals surface area contributed by atoms with Gasteiger partial charge in [-0.15, -0.1) is 0 Å². The van der Waals surface area contributed by atoms with Crippen LogP contribution < -0.4 is 14.0 Å². The molecule has 3 aromatic carbocycles. The molecule has 5 heteroatoms. The van der Waals surface area contributed by atoms with E-state index in [9.17, 15) is 0 Å². The van der Waals surface area contributed by atoms with Gasteiger partial charge in [0.05, 0.1) is 14.1 Å². The van der Waals surface area contributed by atoms with Gasteiger partial charge < -0.3 is 4.90 Å². The van der Waals surface area contributed by atoms with E-state index in [2.05, 4.69) is 137 Å². The molecule has 0 aliphatic rings. The molecule has 0 unspecified atom stereocenters. The van der Waals surface area contributed by atoms with Crippen molar-refractivity contribution in [3.63, 3.8) is 0 Å². The average Bonchev–Trinajstić information content (AvgIpc) is 3.13. The maximum Gasteiger partial charge on any atom is 0.318 e.